The van der Waals surface area contributed by atoms with Crippen molar-refractivity contribution in [1.29, 1.82) is 0 Å². The van der Waals surface area contributed by atoms with Crippen molar-refractivity contribution in [2.24, 2.45) is 0 Å². The summed E-state index contributed by atoms with van der Waals surface area (Å²) in [5, 5.41) is 0. The van der Waals surface area contributed by atoms with Gasteiger partial charge in [0.05, 0.1) is 0 Å². The zero-order valence-electron chi connectivity index (χ0n) is 7.80. The summed E-state index contributed by atoms with van der Waals surface area (Å²) in [6, 6.07) is 6.42. The van der Waals surface area contributed by atoms with Gasteiger partial charge in [0, 0.05) is 22.2 Å². The minimum atomic E-state index is 0.659. The summed E-state index contributed by atoms with van der Waals surface area (Å²) in [4.78, 5) is 0. The Hall–Kier alpha value is 0.140. The summed E-state index contributed by atoms with van der Waals surface area (Å²) in [5.74, 6) is 0.659. The molecule has 1 heterocycles. The van der Waals surface area contributed by atoms with E-state index < -0.39 is 0 Å². The van der Waals surface area contributed by atoms with E-state index in [0.29, 0.717) is 5.92 Å². The fraction of sp³-hybridized carbons (Fsp3) is 0.455. The van der Waals surface area contributed by atoms with Gasteiger partial charge in [0.1, 0.15) is 0 Å². The molecule has 1 saturated heterocycles. The molecule has 1 aromatic carbocycles. The predicted molar refractivity (Wildman–Crippen MR) is 64.6 cm³/mol. The van der Waals surface area contributed by atoms with Gasteiger partial charge in [-0.2, -0.15) is 0 Å². The van der Waals surface area contributed by atoms with E-state index >= 15 is 0 Å². The van der Waals surface area contributed by atoms with Crippen LogP contribution in [0.25, 0.3) is 0 Å². The van der Waals surface area contributed by atoms with E-state index in [1.54, 1.807) is 0 Å². The lowest BCUT2D eigenvalue weighted by molar-refractivity contribution is 0.0852. The molecule has 0 radical (unpaired) electrons. The van der Waals surface area contributed by atoms with Crippen LogP contribution < -0.4 is 0 Å². The SMILES string of the molecule is Brc1ccc(C2CCOCC2)c(Br)c1. The minimum absolute atomic E-state index is 0.659. The maximum Gasteiger partial charge on any atom is 0.0471 e. The van der Waals surface area contributed by atoms with E-state index in [-0.39, 0.29) is 0 Å². The summed E-state index contributed by atoms with van der Waals surface area (Å²) >= 11 is 7.08. The molecule has 0 aromatic heterocycles. The predicted octanol–water partition coefficient (Wildman–Crippen LogP) is 4.11. The van der Waals surface area contributed by atoms with Crippen molar-refractivity contribution in [2.45, 2.75) is 18.8 Å². The standard InChI is InChI=1S/C11H12Br2O/c12-9-1-2-10(11(13)7-9)8-3-5-14-6-4-8/h1-2,7-8H,3-6H2. The summed E-state index contributed by atoms with van der Waals surface area (Å²) in [5.41, 5.74) is 1.41. The summed E-state index contributed by atoms with van der Waals surface area (Å²) < 4.78 is 7.69. The normalized spacial score (nSPS) is 18.4. The molecule has 0 spiro atoms. The van der Waals surface area contributed by atoms with Crippen LogP contribution in [0, 0.1) is 0 Å². The van der Waals surface area contributed by atoms with Crippen LogP contribution in [0.4, 0.5) is 0 Å². The molecular formula is C11H12Br2O. The number of hydrogen-bond acceptors (Lipinski definition) is 1. The van der Waals surface area contributed by atoms with Gasteiger partial charge in [0.15, 0.2) is 0 Å². The van der Waals surface area contributed by atoms with E-state index in [9.17, 15) is 0 Å². The van der Waals surface area contributed by atoms with E-state index in [0.717, 1.165) is 30.5 Å². The van der Waals surface area contributed by atoms with Crippen molar-refractivity contribution < 1.29 is 4.74 Å². The van der Waals surface area contributed by atoms with Crippen molar-refractivity contribution in [3.8, 4) is 0 Å². The van der Waals surface area contributed by atoms with Crippen molar-refractivity contribution in [3.63, 3.8) is 0 Å². The number of benzene rings is 1. The van der Waals surface area contributed by atoms with Crippen LogP contribution in [0.3, 0.4) is 0 Å². The summed E-state index contributed by atoms with van der Waals surface area (Å²) in [7, 11) is 0. The molecule has 0 atom stereocenters. The molecule has 1 aliphatic heterocycles. The molecule has 1 aromatic rings. The monoisotopic (exact) mass is 318 g/mol. The van der Waals surface area contributed by atoms with E-state index in [1.165, 1.54) is 10.0 Å². The Balaban J connectivity index is 2.22. The highest BCUT2D eigenvalue weighted by molar-refractivity contribution is 9.11. The quantitative estimate of drug-likeness (QED) is 0.757. The molecule has 14 heavy (non-hydrogen) atoms. The van der Waals surface area contributed by atoms with E-state index in [2.05, 4.69) is 50.1 Å². The van der Waals surface area contributed by atoms with Crippen molar-refractivity contribution in [3.05, 3.63) is 32.7 Å². The molecule has 1 nitrogen and oxygen atoms in total. The van der Waals surface area contributed by atoms with Crippen LogP contribution in [-0.2, 0) is 4.74 Å². The number of halogens is 2. The molecule has 3 heteroatoms. The van der Waals surface area contributed by atoms with Crippen LogP contribution >= 0.6 is 31.9 Å². The fourth-order valence-corrected chi connectivity index (χ4v) is 3.21. The zero-order chi connectivity index (χ0) is 9.97. The maximum atomic E-state index is 5.36. The van der Waals surface area contributed by atoms with Crippen LogP contribution in [0.5, 0.6) is 0 Å². The van der Waals surface area contributed by atoms with E-state index in [1.807, 2.05) is 0 Å². The zero-order valence-corrected chi connectivity index (χ0v) is 11.0. The molecule has 0 amide bonds. The minimum Gasteiger partial charge on any atom is -0.381 e. The Bertz CT molecular complexity index is 319. The third-order valence-corrected chi connectivity index (χ3v) is 3.80. The van der Waals surface area contributed by atoms with Gasteiger partial charge in [-0.25, -0.2) is 0 Å². The van der Waals surface area contributed by atoms with Crippen LogP contribution in [0.1, 0.15) is 24.3 Å². The molecule has 0 N–H and O–H groups in total. The van der Waals surface area contributed by atoms with Crippen LogP contribution in [0.15, 0.2) is 27.1 Å². The topological polar surface area (TPSA) is 9.23 Å². The first-order valence-corrected chi connectivity index (χ1v) is 6.38. The van der Waals surface area contributed by atoms with Gasteiger partial charge in [-0.05, 0) is 36.5 Å². The highest BCUT2D eigenvalue weighted by Gasteiger charge is 2.17. The molecule has 1 aliphatic rings. The Morgan fingerprint density at radius 2 is 1.86 bits per heavy atom. The molecule has 0 aliphatic carbocycles. The van der Waals surface area contributed by atoms with Crippen molar-refractivity contribution in [2.75, 3.05) is 13.2 Å². The third-order valence-electron chi connectivity index (χ3n) is 2.62. The van der Waals surface area contributed by atoms with Gasteiger partial charge in [-0.3, -0.25) is 0 Å². The first-order valence-electron chi connectivity index (χ1n) is 4.80. The number of rotatable bonds is 1. The van der Waals surface area contributed by atoms with Gasteiger partial charge in [-0.15, -0.1) is 0 Å². The van der Waals surface area contributed by atoms with Gasteiger partial charge in [0.25, 0.3) is 0 Å². The molecule has 76 valence electrons. The highest BCUT2D eigenvalue weighted by Crippen LogP contribution is 2.33. The Morgan fingerprint density at radius 3 is 2.50 bits per heavy atom. The molecule has 2 rings (SSSR count). The van der Waals surface area contributed by atoms with Crippen LogP contribution in [0.2, 0.25) is 0 Å². The summed E-state index contributed by atoms with van der Waals surface area (Å²) in [6.07, 6.45) is 2.28. The van der Waals surface area contributed by atoms with Gasteiger partial charge < -0.3 is 4.74 Å². The second-order valence-electron chi connectivity index (χ2n) is 3.55. The average Bonchev–Trinajstić information content (AvgIpc) is 2.19. The second kappa shape index (κ2) is 4.77. The smallest absolute Gasteiger partial charge is 0.0471 e. The van der Waals surface area contributed by atoms with Gasteiger partial charge >= 0.3 is 0 Å². The lowest BCUT2D eigenvalue weighted by Crippen LogP contribution is -2.14. The van der Waals surface area contributed by atoms with Crippen molar-refractivity contribution in [1.82, 2.24) is 0 Å². The Kier molecular flexibility index (Phi) is 3.63. The first-order chi connectivity index (χ1) is 6.77. The van der Waals surface area contributed by atoms with Crippen LogP contribution in [-0.4, -0.2) is 13.2 Å². The third kappa shape index (κ3) is 2.38. The largest absolute Gasteiger partial charge is 0.381 e. The lowest BCUT2D eigenvalue weighted by atomic mass is 9.92. The molecule has 0 unspecified atom stereocenters. The molecular weight excluding hydrogens is 308 g/mol. The first kappa shape index (κ1) is 10.7. The van der Waals surface area contributed by atoms with E-state index in [4.69, 9.17) is 4.74 Å². The van der Waals surface area contributed by atoms with Gasteiger partial charge in [-0.1, -0.05) is 37.9 Å². The summed E-state index contributed by atoms with van der Waals surface area (Å²) in [6.45, 7) is 1.79. The Morgan fingerprint density at radius 1 is 1.14 bits per heavy atom. The number of hydrogen-bond donors (Lipinski definition) is 0. The Labute approximate surface area is 101 Å². The highest BCUT2D eigenvalue weighted by atomic mass is 79.9. The second-order valence-corrected chi connectivity index (χ2v) is 5.32. The van der Waals surface area contributed by atoms with Gasteiger partial charge in [0.2, 0.25) is 0 Å². The number of ether oxygens (including phenoxy) is 1. The van der Waals surface area contributed by atoms with Crippen molar-refractivity contribution >= 4 is 31.9 Å². The maximum absolute atomic E-state index is 5.36. The fourth-order valence-electron chi connectivity index (χ4n) is 1.84. The average molecular weight is 320 g/mol. The molecule has 1 fully saturated rings. The lowest BCUT2D eigenvalue weighted by Gasteiger charge is -2.23. The molecule has 0 saturated carbocycles. The molecule has 0 bridgehead atoms.